The molecule has 0 saturated heterocycles. The second-order valence-electron chi connectivity index (χ2n) is 5.68. The second kappa shape index (κ2) is 10.2. The Kier molecular flexibility index (Phi) is 7.90. The molecule has 5 nitrogen and oxygen atoms in total. The molecule has 1 amide bonds. The van der Waals surface area contributed by atoms with Crippen LogP contribution in [-0.2, 0) is 17.6 Å². The van der Waals surface area contributed by atoms with Gasteiger partial charge in [-0.1, -0.05) is 37.3 Å². The van der Waals surface area contributed by atoms with Crippen molar-refractivity contribution in [2.75, 3.05) is 20.8 Å². The van der Waals surface area contributed by atoms with E-state index in [4.69, 9.17) is 9.47 Å². The first-order valence-electron chi connectivity index (χ1n) is 8.40. The van der Waals surface area contributed by atoms with Gasteiger partial charge in [-0.05, 0) is 36.1 Å². The summed E-state index contributed by atoms with van der Waals surface area (Å²) in [5.41, 5.74) is 3.54. The number of nitrogens with one attached hydrogen (secondary N) is 1. The third kappa shape index (κ3) is 5.20. The van der Waals surface area contributed by atoms with Crippen molar-refractivity contribution in [2.24, 2.45) is 3.21 Å². The highest BCUT2D eigenvalue weighted by Gasteiger charge is 2.13. The molecular weight excluding hydrogens is 443 g/mol. The van der Waals surface area contributed by atoms with Crippen molar-refractivity contribution in [2.45, 2.75) is 19.8 Å². The van der Waals surface area contributed by atoms with Crippen LogP contribution in [0.25, 0.3) is 0 Å². The molecule has 0 fully saturated rings. The number of amides is 1. The molecule has 0 aliphatic heterocycles. The summed E-state index contributed by atoms with van der Waals surface area (Å²) in [5.74, 6) is 1.20. The van der Waals surface area contributed by atoms with Crippen LogP contribution >= 0.6 is 22.9 Å². The number of carbonyl (C=O) groups excluding carboxylic acids is 1. The van der Waals surface area contributed by atoms with Crippen molar-refractivity contribution in [3.63, 3.8) is 0 Å². The number of benzene rings is 2. The Bertz CT molecular complexity index is 773. The van der Waals surface area contributed by atoms with Gasteiger partial charge in [0.2, 0.25) is 0 Å². The SMILES string of the molecule is CCc1ccc(/C(=N/I)C(=O)NCCc2ccc(OC)c(OC)c2)cc1. The van der Waals surface area contributed by atoms with Crippen LogP contribution in [0.15, 0.2) is 45.7 Å². The third-order valence-corrected chi connectivity index (χ3v) is 4.56. The number of carbonyl (C=O) groups is 1. The topological polar surface area (TPSA) is 59.9 Å². The smallest absolute Gasteiger partial charge is 0.271 e. The minimum absolute atomic E-state index is 0.177. The molecule has 138 valence electrons. The van der Waals surface area contributed by atoms with Crippen molar-refractivity contribution in [1.29, 1.82) is 0 Å². The molecule has 0 aliphatic rings. The van der Waals surface area contributed by atoms with Gasteiger partial charge in [-0.25, -0.2) is 3.21 Å². The fraction of sp³-hybridized carbons (Fsp3) is 0.300. The normalized spacial score (nSPS) is 11.2. The molecule has 6 heteroatoms. The van der Waals surface area contributed by atoms with E-state index in [1.165, 1.54) is 5.56 Å². The number of hydrogen-bond acceptors (Lipinski definition) is 4. The molecule has 0 radical (unpaired) electrons. The first-order chi connectivity index (χ1) is 12.6. The van der Waals surface area contributed by atoms with Crippen LogP contribution < -0.4 is 14.8 Å². The van der Waals surface area contributed by atoms with E-state index in [-0.39, 0.29) is 5.91 Å². The maximum Gasteiger partial charge on any atom is 0.271 e. The maximum absolute atomic E-state index is 12.5. The lowest BCUT2D eigenvalue weighted by molar-refractivity contribution is -0.114. The summed E-state index contributed by atoms with van der Waals surface area (Å²) in [6.07, 6.45) is 1.66. The lowest BCUT2D eigenvalue weighted by atomic mass is 10.1. The average Bonchev–Trinajstić information content (AvgIpc) is 2.69. The summed E-state index contributed by atoms with van der Waals surface area (Å²) < 4.78 is 14.7. The van der Waals surface area contributed by atoms with Gasteiger partial charge in [0.25, 0.3) is 5.91 Å². The van der Waals surface area contributed by atoms with Crippen LogP contribution in [0.4, 0.5) is 0 Å². The quantitative estimate of drug-likeness (QED) is 0.476. The van der Waals surface area contributed by atoms with E-state index < -0.39 is 0 Å². The summed E-state index contributed by atoms with van der Waals surface area (Å²) in [6.45, 7) is 2.61. The van der Waals surface area contributed by atoms with Crippen LogP contribution in [-0.4, -0.2) is 32.4 Å². The lowest BCUT2D eigenvalue weighted by Crippen LogP contribution is -2.32. The van der Waals surface area contributed by atoms with Crippen molar-refractivity contribution >= 4 is 34.5 Å². The number of methoxy groups -OCH3 is 2. The first-order valence-corrected chi connectivity index (χ1v) is 9.36. The zero-order valence-electron chi connectivity index (χ0n) is 15.2. The molecule has 0 unspecified atom stereocenters. The number of ether oxygens (including phenoxy) is 2. The molecular formula is C20H23IN2O3. The average molecular weight is 466 g/mol. The zero-order chi connectivity index (χ0) is 18.9. The maximum atomic E-state index is 12.5. The molecule has 2 aromatic carbocycles. The van der Waals surface area contributed by atoms with Gasteiger partial charge in [0.1, 0.15) is 5.71 Å². The predicted octanol–water partition coefficient (Wildman–Crippen LogP) is 3.76. The van der Waals surface area contributed by atoms with Crippen molar-refractivity contribution in [3.8, 4) is 11.5 Å². The van der Waals surface area contributed by atoms with Crippen molar-refractivity contribution in [1.82, 2.24) is 5.32 Å². The van der Waals surface area contributed by atoms with E-state index >= 15 is 0 Å². The van der Waals surface area contributed by atoms with Crippen LogP contribution in [0.1, 0.15) is 23.6 Å². The summed E-state index contributed by atoms with van der Waals surface area (Å²) in [5, 5.41) is 2.93. The minimum atomic E-state index is -0.177. The molecule has 0 aromatic heterocycles. The van der Waals surface area contributed by atoms with Gasteiger partial charge >= 0.3 is 0 Å². The second-order valence-corrected chi connectivity index (χ2v) is 6.16. The number of hydrogen-bond donors (Lipinski definition) is 1. The minimum Gasteiger partial charge on any atom is -0.493 e. The van der Waals surface area contributed by atoms with Crippen molar-refractivity contribution in [3.05, 3.63) is 59.2 Å². The lowest BCUT2D eigenvalue weighted by Gasteiger charge is -2.11. The third-order valence-electron chi connectivity index (χ3n) is 4.08. The summed E-state index contributed by atoms with van der Waals surface area (Å²) in [4.78, 5) is 12.5. The molecule has 0 spiro atoms. The summed E-state index contributed by atoms with van der Waals surface area (Å²) in [7, 11) is 3.21. The molecule has 0 bridgehead atoms. The fourth-order valence-electron chi connectivity index (χ4n) is 2.56. The number of aryl methyl sites for hydroxylation is 1. The van der Waals surface area contributed by atoms with Crippen LogP contribution in [0.5, 0.6) is 11.5 Å². The van der Waals surface area contributed by atoms with E-state index in [1.54, 1.807) is 14.2 Å². The Balaban J connectivity index is 1.96. The standard InChI is InChI=1S/C20H23IN2O3/c1-4-14-5-8-16(9-6-14)19(23-21)20(24)22-12-11-15-7-10-17(25-2)18(13-15)26-3/h5-10,13H,4,11-12H2,1-3H3,(H,22,24)/b23-19-. The van der Waals surface area contributed by atoms with Gasteiger partial charge in [-0.3, -0.25) is 4.79 Å². The Morgan fingerprint density at radius 2 is 1.69 bits per heavy atom. The van der Waals surface area contributed by atoms with Crippen LogP contribution in [0.2, 0.25) is 0 Å². The molecule has 2 rings (SSSR count). The Morgan fingerprint density at radius 1 is 1.04 bits per heavy atom. The fourth-order valence-corrected chi connectivity index (χ4v) is 3.05. The van der Waals surface area contributed by atoms with E-state index in [9.17, 15) is 4.79 Å². The number of rotatable bonds is 8. The van der Waals surface area contributed by atoms with Gasteiger partial charge in [0.05, 0.1) is 37.1 Å². The Hall–Kier alpha value is -2.09. The largest absolute Gasteiger partial charge is 0.493 e. The number of nitrogens with zero attached hydrogens (tertiary/aromatic N) is 1. The van der Waals surface area contributed by atoms with Gasteiger partial charge in [-0.15, -0.1) is 0 Å². The monoisotopic (exact) mass is 466 g/mol. The molecule has 0 saturated carbocycles. The van der Waals surface area contributed by atoms with E-state index in [0.29, 0.717) is 30.2 Å². The highest BCUT2D eigenvalue weighted by atomic mass is 127. The number of halogens is 1. The van der Waals surface area contributed by atoms with E-state index in [0.717, 1.165) is 17.5 Å². The van der Waals surface area contributed by atoms with Gasteiger partial charge in [-0.2, -0.15) is 0 Å². The summed E-state index contributed by atoms with van der Waals surface area (Å²) >= 11 is 1.86. The van der Waals surface area contributed by atoms with Crippen LogP contribution in [0, 0.1) is 0 Å². The first kappa shape index (κ1) is 20.2. The molecule has 26 heavy (non-hydrogen) atoms. The van der Waals surface area contributed by atoms with E-state index in [1.807, 2.05) is 65.3 Å². The van der Waals surface area contributed by atoms with Crippen LogP contribution in [0.3, 0.4) is 0 Å². The van der Waals surface area contributed by atoms with Crippen molar-refractivity contribution < 1.29 is 14.3 Å². The molecule has 0 atom stereocenters. The summed E-state index contributed by atoms with van der Waals surface area (Å²) in [6, 6.07) is 13.7. The van der Waals surface area contributed by atoms with Gasteiger partial charge in [0, 0.05) is 12.1 Å². The molecule has 0 heterocycles. The Morgan fingerprint density at radius 3 is 2.27 bits per heavy atom. The highest BCUT2D eigenvalue weighted by Crippen LogP contribution is 2.27. The van der Waals surface area contributed by atoms with E-state index in [2.05, 4.69) is 15.4 Å². The molecule has 2 aromatic rings. The van der Waals surface area contributed by atoms with Gasteiger partial charge < -0.3 is 14.8 Å². The highest BCUT2D eigenvalue weighted by molar-refractivity contribution is 14.1. The molecule has 0 aliphatic carbocycles. The Labute approximate surface area is 168 Å². The van der Waals surface area contributed by atoms with Gasteiger partial charge in [0.15, 0.2) is 11.5 Å². The zero-order valence-corrected chi connectivity index (χ0v) is 17.4. The molecule has 1 N–H and O–H groups in total. The predicted molar refractivity (Wildman–Crippen MR) is 113 cm³/mol.